The first kappa shape index (κ1) is 20.5. The van der Waals surface area contributed by atoms with Gasteiger partial charge in [0.15, 0.2) is 0 Å². The van der Waals surface area contributed by atoms with Gasteiger partial charge in [0.2, 0.25) is 11.8 Å². The number of hydrogen-bond donors (Lipinski definition) is 4. The van der Waals surface area contributed by atoms with Gasteiger partial charge in [-0.05, 0) is 55.4 Å². The van der Waals surface area contributed by atoms with Crippen molar-refractivity contribution in [2.45, 2.75) is 32.1 Å². The van der Waals surface area contributed by atoms with Crippen molar-refractivity contribution in [2.75, 3.05) is 29.9 Å². The van der Waals surface area contributed by atoms with Crippen LogP contribution in [0.5, 0.6) is 0 Å². The van der Waals surface area contributed by atoms with Crippen molar-refractivity contribution >= 4 is 44.8 Å². The molecule has 2 aromatic rings. The van der Waals surface area contributed by atoms with Gasteiger partial charge in [-0.1, -0.05) is 6.08 Å². The molecule has 5 rings (SSSR count). The summed E-state index contributed by atoms with van der Waals surface area (Å²) in [5.74, 6) is 1.36. The van der Waals surface area contributed by atoms with Crippen molar-refractivity contribution in [3.63, 3.8) is 0 Å². The molecule has 0 aromatic carbocycles. The minimum absolute atomic E-state index is 0.0304. The molecule has 0 bridgehead atoms. The molecule has 2 aliphatic heterocycles. The van der Waals surface area contributed by atoms with Crippen molar-refractivity contribution < 1.29 is 18.7 Å². The van der Waals surface area contributed by atoms with Crippen LogP contribution in [-0.4, -0.2) is 60.4 Å². The number of carbonyl (C=O) groups is 2. The quantitative estimate of drug-likeness (QED) is 0.574. The Kier molecular flexibility index (Phi) is 5.27. The number of nitrogens with zero attached hydrogens (tertiary/aromatic N) is 2. The number of pyridine rings is 1. The molecule has 4 N–H and O–H groups in total. The molecule has 2 fully saturated rings. The predicted molar refractivity (Wildman–Crippen MR) is 122 cm³/mol. The van der Waals surface area contributed by atoms with Crippen LogP contribution >= 0.6 is 10.6 Å². The summed E-state index contributed by atoms with van der Waals surface area (Å²) in [5, 5.41) is 3.95. The molecular weight excluding hydrogens is 416 g/mol. The van der Waals surface area contributed by atoms with Gasteiger partial charge < -0.3 is 15.2 Å². The molecule has 166 valence electrons. The van der Waals surface area contributed by atoms with Crippen molar-refractivity contribution in [1.29, 1.82) is 0 Å². The van der Waals surface area contributed by atoms with Crippen LogP contribution in [0.1, 0.15) is 37.7 Å². The summed E-state index contributed by atoms with van der Waals surface area (Å²) < 4.78 is 19.6. The number of fused-ring (bicyclic) bond motifs is 1. The van der Waals surface area contributed by atoms with Gasteiger partial charge in [0, 0.05) is 48.0 Å². The Bertz CT molecular complexity index is 1050. The Morgan fingerprint density at radius 1 is 1.16 bits per heavy atom. The average Bonchev–Trinajstić information content (AvgIpc) is 3.51. The van der Waals surface area contributed by atoms with E-state index in [2.05, 4.69) is 21.4 Å². The van der Waals surface area contributed by atoms with E-state index in [4.69, 9.17) is 0 Å². The highest BCUT2D eigenvalue weighted by Crippen LogP contribution is 2.46. The summed E-state index contributed by atoms with van der Waals surface area (Å²) in [7, 11) is -2.48. The molecule has 0 spiro atoms. The van der Waals surface area contributed by atoms with Crippen LogP contribution in [0.3, 0.4) is 0 Å². The van der Waals surface area contributed by atoms with Gasteiger partial charge in [0.05, 0.1) is 0 Å². The van der Waals surface area contributed by atoms with Crippen LogP contribution in [0.4, 0.5) is 5.82 Å². The second-order valence-corrected chi connectivity index (χ2v) is 11.2. The number of nitrogens with one attached hydrogen (secondary N) is 2. The predicted octanol–water partition coefficient (Wildman–Crippen LogP) is 3.69. The van der Waals surface area contributed by atoms with Gasteiger partial charge >= 0.3 is 0 Å². The summed E-state index contributed by atoms with van der Waals surface area (Å²) in [6, 6.07) is 3.93. The van der Waals surface area contributed by atoms with E-state index >= 15 is 0 Å². The number of anilines is 1. The van der Waals surface area contributed by atoms with Crippen LogP contribution in [0, 0.1) is 11.8 Å². The maximum Gasteiger partial charge on any atom is 0.228 e. The van der Waals surface area contributed by atoms with Crippen molar-refractivity contribution in [1.82, 2.24) is 14.9 Å². The molecule has 1 aliphatic carbocycles. The molecule has 1 saturated heterocycles. The fraction of sp³-hybridized carbons (Fsp3) is 0.500. The molecule has 8 nitrogen and oxygen atoms in total. The van der Waals surface area contributed by atoms with Crippen LogP contribution in [-0.2, 0) is 9.59 Å². The summed E-state index contributed by atoms with van der Waals surface area (Å²) in [5.41, 5.74) is 2.93. The second-order valence-electron chi connectivity index (χ2n) is 8.81. The van der Waals surface area contributed by atoms with Gasteiger partial charge in [-0.2, -0.15) is 10.6 Å². The average molecular weight is 445 g/mol. The summed E-state index contributed by atoms with van der Waals surface area (Å²) >= 11 is 0. The highest BCUT2D eigenvalue weighted by Gasteiger charge is 2.32. The number of rotatable bonds is 4. The fourth-order valence-corrected chi connectivity index (χ4v) is 6.00. The van der Waals surface area contributed by atoms with E-state index in [9.17, 15) is 18.7 Å². The van der Waals surface area contributed by atoms with Crippen LogP contribution in [0.25, 0.3) is 16.6 Å². The first-order valence-electron chi connectivity index (χ1n) is 10.9. The SMILES string of the molecule is O=C(Nc1cc(C2=CCN(C(=O)C3CCS(O)(O)CC3)CC2)c2cc[nH]c2n1)C1CC1. The van der Waals surface area contributed by atoms with Crippen molar-refractivity contribution in [2.24, 2.45) is 11.8 Å². The van der Waals surface area contributed by atoms with Gasteiger partial charge in [0.25, 0.3) is 0 Å². The van der Waals surface area contributed by atoms with Gasteiger partial charge in [-0.25, -0.2) is 4.98 Å². The van der Waals surface area contributed by atoms with E-state index in [0.717, 1.165) is 41.4 Å². The smallest absolute Gasteiger partial charge is 0.228 e. The van der Waals surface area contributed by atoms with Gasteiger partial charge in [0.1, 0.15) is 11.5 Å². The zero-order valence-corrected chi connectivity index (χ0v) is 18.2. The van der Waals surface area contributed by atoms with Crippen LogP contribution in [0.2, 0.25) is 0 Å². The maximum atomic E-state index is 12.9. The first-order valence-corrected chi connectivity index (χ1v) is 12.8. The lowest BCUT2D eigenvalue weighted by atomic mass is 9.95. The molecule has 0 atom stereocenters. The zero-order valence-electron chi connectivity index (χ0n) is 17.3. The number of hydrogen-bond acceptors (Lipinski definition) is 5. The molecule has 4 heterocycles. The third-order valence-electron chi connectivity index (χ3n) is 6.53. The third kappa shape index (κ3) is 4.35. The first-order chi connectivity index (χ1) is 14.9. The highest BCUT2D eigenvalue weighted by atomic mass is 32.3. The van der Waals surface area contributed by atoms with Crippen LogP contribution < -0.4 is 5.32 Å². The van der Waals surface area contributed by atoms with E-state index in [0.29, 0.717) is 43.3 Å². The van der Waals surface area contributed by atoms with E-state index in [1.54, 1.807) is 0 Å². The Morgan fingerprint density at radius 3 is 2.61 bits per heavy atom. The Hall–Kier alpha value is -2.36. The molecule has 2 amide bonds. The fourth-order valence-electron chi connectivity index (χ4n) is 4.47. The largest absolute Gasteiger partial charge is 0.346 e. The summed E-state index contributed by atoms with van der Waals surface area (Å²) in [6.07, 6.45) is 7.65. The number of aromatic nitrogens is 2. The minimum Gasteiger partial charge on any atom is -0.346 e. The van der Waals surface area contributed by atoms with Gasteiger partial charge in [-0.15, -0.1) is 0 Å². The lowest BCUT2D eigenvalue weighted by Crippen LogP contribution is -2.41. The van der Waals surface area contributed by atoms with E-state index < -0.39 is 10.6 Å². The highest BCUT2D eigenvalue weighted by molar-refractivity contribution is 8.24. The molecule has 9 heteroatoms. The topological polar surface area (TPSA) is 119 Å². The standard InChI is InChI=1S/C22H28N4O4S/c27-21(15-1-2-15)25-19-13-18(17-3-8-23-20(17)24-19)14-4-9-26(10-5-14)22(28)16-6-11-31(29,30)12-7-16/h3-4,8,13,15-16,29-30H,1-2,5-7,9-12H2,(H2,23,24,25,27). The number of H-pyrrole nitrogens is 1. The minimum atomic E-state index is -2.48. The molecular formula is C22H28N4O4S. The van der Waals surface area contributed by atoms with Gasteiger partial charge in [-0.3, -0.25) is 18.7 Å². The van der Waals surface area contributed by atoms with Crippen LogP contribution in [0.15, 0.2) is 24.4 Å². The molecule has 0 radical (unpaired) electrons. The lowest BCUT2D eigenvalue weighted by molar-refractivity contribution is -0.135. The number of carbonyl (C=O) groups excluding carboxylic acids is 2. The Morgan fingerprint density at radius 2 is 1.94 bits per heavy atom. The molecule has 2 aromatic heterocycles. The van der Waals surface area contributed by atoms with Crippen molar-refractivity contribution in [3.05, 3.63) is 30.0 Å². The number of amides is 2. The molecule has 1 saturated carbocycles. The second kappa shape index (κ2) is 7.96. The number of aromatic amines is 1. The van der Waals surface area contributed by atoms with E-state index in [1.807, 2.05) is 23.2 Å². The summed E-state index contributed by atoms with van der Waals surface area (Å²) in [6.45, 7) is 1.17. The molecule has 3 aliphatic rings. The monoisotopic (exact) mass is 444 g/mol. The molecule has 31 heavy (non-hydrogen) atoms. The normalized spacial score (nSPS) is 22.8. The zero-order chi connectivity index (χ0) is 21.6. The van der Waals surface area contributed by atoms with Crippen molar-refractivity contribution in [3.8, 4) is 0 Å². The third-order valence-corrected chi connectivity index (χ3v) is 8.31. The lowest BCUT2D eigenvalue weighted by Gasteiger charge is -2.40. The van der Waals surface area contributed by atoms with E-state index in [-0.39, 0.29) is 23.7 Å². The summed E-state index contributed by atoms with van der Waals surface area (Å²) in [4.78, 5) is 34.7. The van der Waals surface area contributed by atoms with E-state index in [1.165, 1.54) is 0 Å². The maximum absolute atomic E-state index is 12.9. The Balaban J connectivity index is 1.32. The Labute approximate surface area is 182 Å². The molecule has 0 unspecified atom stereocenters.